The Morgan fingerprint density at radius 2 is 2.13 bits per heavy atom. The van der Waals surface area contributed by atoms with Crippen molar-refractivity contribution in [3.8, 4) is 0 Å². The molecule has 2 aromatic rings. The first kappa shape index (κ1) is 10.1. The van der Waals surface area contributed by atoms with Crippen molar-refractivity contribution < 1.29 is 9.50 Å². The Kier molecular flexibility index (Phi) is 2.04. The zero-order valence-electron chi connectivity index (χ0n) is 8.95. The second-order valence-electron chi connectivity index (χ2n) is 4.15. The molecule has 0 aromatic carbocycles. The Labute approximate surface area is 87.2 Å². The lowest BCUT2D eigenvalue weighted by molar-refractivity contribution is 0.0737. The van der Waals surface area contributed by atoms with Gasteiger partial charge in [0, 0.05) is 11.9 Å². The van der Waals surface area contributed by atoms with E-state index in [1.807, 2.05) is 6.92 Å². The summed E-state index contributed by atoms with van der Waals surface area (Å²) in [6, 6.07) is 2.97. The van der Waals surface area contributed by atoms with Gasteiger partial charge in [0.2, 0.25) is 0 Å². The van der Waals surface area contributed by atoms with Crippen LogP contribution in [0.1, 0.15) is 25.2 Å². The summed E-state index contributed by atoms with van der Waals surface area (Å²) >= 11 is 0. The fourth-order valence-corrected chi connectivity index (χ4v) is 1.73. The number of fused-ring (bicyclic) bond motifs is 1. The van der Waals surface area contributed by atoms with Crippen molar-refractivity contribution in [2.75, 3.05) is 0 Å². The zero-order chi connectivity index (χ0) is 11.2. The summed E-state index contributed by atoms with van der Waals surface area (Å²) in [5, 5.41) is 9.86. The Morgan fingerprint density at radius 3 is 2.67 bits per heavy atom. The quantitative estimate of drug-likeness (QED) is 0.778. The molecule has 15 heavy (non-hydrogen) atoms. The van der Waals surface area contributed by atoms with Gasteiger partial charge in [-0.05, 0) is 32.9 Å². The molecule has 3 nitrogen and oxygen atoms in total. The van der Waals surface area contributed by atoms with Crippen molar-refractivity contribution in [3.05, 3.63) is 35.5 Å². The summed E-state index contributed by atoms with van der Waals surface area (Å²) in [5.41, 5.74) is 0.472. The number of aliphatic hydroxyl groups is 1. The molecule has 4 heteroatoms. The normalized spacial score (nSPS) is 12.3. The van der Waals surface area contributed by atoms with Crippen LogP contribution in [0.25, 0.3) is 5.65 Å². The first-order chi connectivity index (χ1) is 6.91. The minimum Gasteiger partial charge on any atom is -0.384 e. The summed E-state index contributed by atoms with van der Waals surface area (Å²) in [6.45, 7) is 5.09. The van der Waals surface area contributed by atoms with Gasteiger partial charge >= 0.3 is 0 Å². The van der Waals surface area contributed by atoms with Crippen LogP contribution in [0.3, 0.4) is 0 Å². The zero-order valence-corrected chi connectivity index (χ0v) is 8.95. The lowest BCUT2D eigenvalue weighted by Gasteiger charge is -2.14. The van der Waals surface area contributed by atoms with E-state index in [1.54, 1.807) is 30.5 Å². The van der Waals surface area contributed by atoms with Crippen molar-refractivity contribution in [3.63, 3.8) is 0 Å². The molecule has 80 valence electrons. The molecule has 0 spiro atoms. The van der Waals surface area contributed by atoms with Gasteiger partial charge in [-0.2, -0.15) is 0 Å². The Morgan fingerprint density at radius 1 is 1.47 bits per heavy atom. The van der Waals surface area contributed by atoms with Crippen LogP contribution in [-0.2, 0) is 5.60 Å². The number of hydrogen-bond acceptors (Lipinski definition) is 2. The highest BCUT2D eigenvalue weighted by molar-refractivity contribution is 5.45. The predicted molar refractivity (Wildman–Crippen MR) is 55.1 cm³/mol. The van der Waals surface area contributed by atoms with Crippen molar-refractivity contribution >= 4 is 5.65 Å². The van der Waals surface area contributed by atoms with Crippen LogP contribution >= 0.6 is 0 Å². The number of halogens is 1. The van der Waals surface area contributed by atoms with Crippen LogP contribution in [0.2, 0.25) is 0 Å². The van der Waals surface area contributed by atoms with Crippen LogP contribution in [0, 0.1) is 12.7 Å². The average molecular weight is 208 g/mol. The highest BCUT2D eigenvalue weighted by atomic mass is 19.1. The van der Waals surface area contributed by atoms with Crippen molar-refractivity contribution in [1.29, 1.82) is 0 Å². The molecule has 0 fully saturated rings. The molecule has 2 heterocycles. The molecule has 0 bridgehead atoms. The lowest BCUT2D eigenvalue weighted by atomic mass is 10.0. The molecule has 1 N–H and O–H groups in total. The van der Waals surface area contributed by atoms with Crippen LogP contribution in [0.15, 0.2) is 18.3 Å². The van der Waals surface area contributed by atoms with E-state index in [9.17, 15) is 9.50 Å². The van der Waals surface area contributed by atoms with Crippen molar-refractivity contribution in [2.45, 2.75) is 26.4 Å². The maximum absolute atomic E-state index is 13.4. The topological polar surface area (TPSA) is 37.5 Å². The third-order valence-corrected chi connectivity index (χ3v) is 2.42. The second kappa shape index (κ2) is 3.03. The highest BCUT2D eigenvalue weighted by Crippen LogP contribution is 2.24. The van der Waals surface area contributed by atoms with E-state index in [4.69, 9.17) is 0 Å². The van der Waals surface area contributed by atoms with Gasteiger partial charge in [-0.15, -0.1) is 0 Å². The van der Waals surface area contributed by atoms with Crippen molar-refractivity contribution in [1.82, 2.24) is 9.38 Å². The number of rotatable bonds is 1. The standard InChI is InChI=1S/C11H13FN2O/c1-7-9(11(2,3)15)13-10-8(12)5-4-6-14(7)10/h4-6,15H,1-3H3. The third-order valence-electron chi connectivity index (χ3n) is 2.42. The number of nitrogens with zero attached hydrogens (tertiary/aromatic N) is 2. The maximum Gasteiger partial charge on any atom is 0.173 e. The fraction of sp³-hybridized carbons (Fsp3) is 0.364. The lowest BCUT2D eigenvalue weighted by Crippen LogP contribution is -2.17. The van der Waals surface area contributed by atoms with Crippen LogP contribution < -0.4 is 0 Å². The molecule has 0 atom stereocenters. The molecule has 0 aliphatic rings. The molecule has 0 aliphatic heterocycles. The van der Waals surface area contributed by atoms with Crippen LogP contribution in [0.4, 0.5) is 4.39 Å². The van der Waals surface area contributed by atoms with E-state index in [0.717, 1.165) is 5.69 Å². The smallest absolute Gasteiger partial charge is 0.173 e. The van der Waals surface area contributed by atoms with Gasteiger partial charge in [0.1, 0.15) is 5.60 Å². The van der Waals surface area contributed by atoms with Gasteiger partial charge in [0.05, 0.1) is 5.69 Å². The first-order valence-corrected chi connectivity index (χ1v) is 4.77. The molecular weight excluding hydrogens is 195 g/mol. The summed E-state index contributed by atoms with van der Waals surface area (Å²) < 4.78 is 15.0. The molecule has 0 amide bonds. The molecule has 2 rings (SSSR count). The van der Waals surface area contributed by atoms with E-state index in [1.165, 1.54) is 6.07 Å². The third kappa shape index (κ3) is 1.51. The van der Waals surface area contributed by atoms with E-state index < -0.39 is 5.60 Å². The molecule has 0 unspecified atom stereocenters. The summed E-state index contributed by atoms with van der Waals surface area (Å²) in [4.78, 5) is 4.12. The number of pyridine rings is 1. The Bertz CT molecular complexity index is 511. The van der Waals surface area contributed by atoms with Gasteiger partial charge in [0.25, 0.3) is 0 Å². The van der Waals surface area contributed by atoms with Crippen LogP contribution in [0.5, 0.6) is 0 Å². The summed E-state index contributed by atoms with van der Waals surface area (Å²) in [5.74, 6) is -0.379. The van der Waals surface area contributed by atoms with E-state index in [-0.39, 0.29) is 11.5 Å². The fourth-order valence-electron chi connectivity index (χ4n) is 1.73. The minimum atomic E-state index is -1.05. The molecule has 2 aromatic heterocycles. The van der Waals surface area contributed by atoms with Gasteiger partial charge in [-0.3, -0.25) is 0 Å². The summed E-state index contributed by atoms with van der Waals surface area (Å²) in [7, 11) is 0. The molecule has 0 saturated heterocycles. The molecule has 0 radical (unpaired) electrons. The minimum absolute atomic E-state index is 0.257. The maximum atomic E-state index is 13.4. The molecule has 0 aliphatic carbocycles. The number of hydrogen-bond donors (Lipinski definition) is 1. The SMILES string of the molecule is Cc1c(C(C)(C)O)nc2c(F)cccn12. The predicted octanol–water partition coefficient (Wildman–Crippen LogP) is 2.01. The van der Waals surface area contributed by atoms with Crippen molar-refractivity contribution in [2.24, 2.45) is 0 Å². The summed E-state index contributed by atoms with van der Waals surface area (Å²) in [6.07, 6.45) is 1.73. The highest BCUT2D eigenvalue weighted by Gasteiger charge is 2.24. The average Bonchev–Trinajstić information content (AvgIpc) is 2.45. The number of aryl methyl sites for hydroxylation is 1. The van der Waals surface area contributed by atoms with E-state index >= 15 is 0 Å². The largest absolute Gasteiger partial charge is 0.384 e. The Balaban J connectivity index is 2.81. The van der Waals surface area contributed by atoms with Gasteiger partial charge < -0.3 is 9.51 Å². The number of aromatic nitrogens is 2. The van der Waals surface area contributed by atoms with E-state index in [2.05, 4.69) is 4.98 Å². The Hall–Kier alpha value is -1.42. The van der Waals surface area contributed by atoms with Gasteiger partial charge in [0.15, 0.2) is 11.5 Å². The van der Waals surface area contributed by atoms with Gasteiger partial charge in [-0.1, -0.05) is 0 Å². The molecular formula is C11H13FN2O. The molecule has 0 saturated carbocycles. The van der Waals surface area contributed by atoms with Crippen LogP contribution in [-0.4, -0.2) is 14.5 Å². The van der Waals surface area contributed by atoms with Gasteiger partial charge in [-0.25, -0.2) is 9.37 Å². The second-order valence-corrected chi connectivity index (χ2v) is 4.15. The monoisotopic (exact) mass is 208 g/mol. The van der Waals surface area contributed by atoms with E-state index in [0.29, 0.717) is 5.69 Å². The first-order valence-electron chi connectivity index (χ1n) is 4.77. The number of imidazole rings is 1.